The average Bonchev–Trinajstić information content (AvgIpc) is 2.42. The fraction of sp³-hybridized carbons (Fsp3) is 0.933. The normalized spacial score (nSPS) is 25.0. The van der Waals surface area contributed by atoms with Crippen molar-refractivity contribution in [1.82, 2.24) is 5.32 Å². The second kappa shape index (κ2) is 9.32. The second-order valence-corrected chi connectivity index (χ2v) is 5.81. The van der Waals surface area contributed by atoms with Crippen LogP contribution in [0.4, 0.5) is 0 Å². The van der Waals surface area contributed by atoms with Gasteiger partial charge < -0.3 is 16.2 Å². The highest BCUT2D eigenvalue weighted by Crippen LogP contribution is 2.23. The number of hydrogen-bond acceptors (Lipinski definition) is 3. The first kappa shape index (κ1) is 16.4. The number of nitrogens with two attached hydrogens (primary N) is 1. The van der Waals surface area contributed by atoms with Crippen LogP contribution in [0.15, 0.2) is 0 Å². The third kappa shape index (κ3) is 6.39. The lowest BCUT2D eigenvalue weighted by molar-refractivity contribution is -0.121. The molecule has 1 aliphatic carbocycles. The van der Waals surface area contributed by atoms with Gasteiger partial charge in [-0.25, -0.2) is 0 Å². The Morgan fingerprint density at radius 3 is 2.74 bits per heavy atom. The third-order valence-corrected chi connectivity index (χ3v) is 4.36. The van der Waals surface area contributed by atoms with Crippen LogP contribution in [0.5, 0.6) is 0 Å². The van der Waals surface area contributed by atoms with Gasteiger partial charge in [0.05, 0.1) is 6.10 Å². The summed E-state index contributed by atoms with van der Waals surface area (Å²) < 4.78 is 0. The quantitative estimate of drug-likeness (QED) is 0.629. The zero-order valence-corrected chi connectivity index (χ0v) is 12.2. The minimum Gasteiger partial charge on any atom is -0.393 e. The highest BCUT2D eigenvalue weighted by molar-refractivity contribution is 5.75. The highest BCUT2D eigenvalue weighted by atomic mass is 16.3. The Labute approximate surface area is 117 Å². The molecule has 0 spiro atoms. The first-order chi connectivity index (χ1) is 9.17. The van der Waals surface area contributed by atoms with Crippen LogP contribution < -0.4 is 11.1 Å². The fourth-order valence-electron chi connectivity index (χ4n) is 2.88. The number of nitrogens with one attached hydrogen (secondary N) is 1. The van der Waals surface area contributed by atoms with Gasteiger partial charge in [-0.15, -0.1) is 0 Å². The lowest BCUT2D eigenvalue weighted by Crippen LogP contribution is -2.36. The minimum atomic E-state index is -0.227. The van der Waals surface area contributed by atoms with E-state index in [1.54, 1.807) is 0 Å². The Hall–Kier alpha value is -0.610. The van der Waals surface area contributed by atoms with E-state index < -0.39 is 0 Å². The summed E-state index contributed by atoms with van der Waals surface area (Å²) in [6, 6.07) is 0. The van der Waals surface area contributed by atoms with Crippen molar-refractivity contribution < 1.29 is 9.90 Å². The van der Waals surface area contributed by atoms with E-state index in [0.717, 1.165) is 38.5 Å². The molecule has 1 amide bonds. The van der Waals surface area contributed by atoms with E-state index >= 15 is 0 Å². The van der Waals surface area contributed by atoms with Crippen molar-refractivity contribution in [2.45, 2.75) is 64.4 Å². The minimum absolute atomic E-state index is 0.119. The molecular weight excluding hydrogens is 240 g/mol. The number of rotatable bonds is 8. The maximum atomic E-state index is 11.8. The molecule has 4 nitrogen and oxygen atoms in total. The Balaban J connectivity index is 2.16. The zero-order valence-electron chi connectivity index (χ0n) is 12.2. The van der Waals surface area contributed by atoms with Crippen molar-refractivity contribution in [2.75, 3.05) is 13.1 Å². The van der Waals surface area contributed by atoms with Crippen molar-refractivity contribution in [1.29, 1.82) is 0 Å². The van der Waals surface area contributed by atoms with Crippen molar-refractivity contribution in [3.05, 3.63) is 0 Å². The van der Waals surface area contributed by atoms with E-state index in [2.05, 4.69) is 12.2 Å². The molecule has 0 aromatic rings. The van der Waals surface area contributed by atoms with Crippen molar-refractivity contribution in [2.24, 2.45) is 17.6 Å². The zero-order chi connectivity index (χ0) is 14.1. The van der Waals surface area contributed by atoms with Gasteiger partial charge in [0.15, 0.2) is 0 Å². The van der Waals surface area contributed by atoms with Gasteiger partial charge >= 0.3 is 0 Å². The number of carbonyl (C=O) groups is 1. The van der Waals surface area contributed by atoms with Crippen LogP contribution in [0.3, 0.4) is 0 Å². The topological polar surface area (TPSA) is 75.4 Å². The van der Waals surface area contributed by atoms with E-state index in [9.17, 15) is 9.90 Å². The van der Waals surface area contributed by atoms with Crippen LogP contribution in [-0.2, 0) is 4.79 Å². The third-order valence-electron chi connectivity index (χ3n) is 4.36. The predicted octanol–water partition coefficient (Wildman–Crippen LogP) is 1.81. The van der Waals surface area contributed by atoms with Gasteiger partial charge in [-0.05, 0) is 38.1 Å². The van der Waals surface area contributed by atoms with Crippen molar-refractivity contribution in [3.63, 3.8) is 0 Å². The molecule has 1 rings (SSSR count). The van der Waals surface area contributed by atoms with Crippen LogP contribution >= 0.6 is 0 Å². The SMILES string of the molecule is CCC(CCN)CCC(=O)NCC1CCCCC1O. The maximum Gasteiger partial charge on any atom is 0.220 e. The molecule has 0 radical (unpaired) electrons. The smallest absolute Gasteiger partial charge is 0.220 e. The Kier molecular flexibility index (Phi) is 8.07. The molecule has 0 aromatic heterocycles. The van der Waals surface area contributed by atoms with E-state index in [4.69, 9.17) is 5.73 Å². The maximum absolute atomic E-state index is 11.8. The molecule has 3 atom stereocenters. The molecule has 112 valence electrons. The van der Waals surface area contributed by atoms with Gasteiger partial charge in [-0.3, -0.25) is 4.79 Å². The van der Waals surface area contributed by atoms with Gasteiger partial charge in [-0.1, -0.05) is 26.2 Å². The number of aliphatic hydroxyl groups excluding tert-OH is 1. The number of aliphatic hydroxyl groups is 1. The largest absolute Gasteiger partial charge is 0.393 e. The fourth-order valence-corrected chi connectivity index (χ4v) is 2.88. The van der Waals surface area contributed by atoms with Crippen LogP contribution in [-0.4, -0.2) is 30.2 Å². The van der Waals surface area contributed by atoms with Gasteiger partial charge in [0.1, 0.15) is 0 Å². The molecule has 1 fully saturated rings. The molecule has 4 heteroatoms. The van der Waals surface area contributed by atoms with Gasteiger partial charge in [0.25, 0.3) is 0 Å². The molecule has 3 unspecified atom stereocenters. The average molecular weight is 270 g/mol. The molecule has 0 heterocycles. The number of hydrogen-bond donors (Lipinski definition) is 3. The molecule has 1 aliphatic rings. The molecule has 19 heavy (non-hydrogen) atoms. The Morgan fingerprint density at radius 2 is 2.11 bits per heavy atom. The summed E-state index contributed by atoms with van der Waals surface area (Å²) in [6.07, 6.45) is 7.58. The molecule has 0 aromatic carbocycles. The lowest BCUT2D eigenvalue weighted by Gasteiger charge is -2.27. The predicted molar refractivity (Wildman–Crippen MR) is 77.7 cm³/mol. The van der Waals surface area contributed by atoms with Gasteiger partial charge in [0, 0.05) is 18.9 Å². The van der Waals surface area contributed by atoms with Crippen molar-refractivity contribution in [3.8, 4) is 0 Å². The lowest BCUT2D eigenvalue weighted by atomic mass is 9.86. The number of amides is 1. The molecule has 4 N–H and O–H groups in total. The van der Waals surface area contributed by atoms with E-state index in [1.165, 1.54) is 6.42 Å². The molecule has 0 aliphatic heterocycles. The van der Waals surface area contributed by atoms with E-state index in [1.807, 2.05) is 0 Å². The molecular formula is C15H30N2O2. The Morgan fingerprint density at radius 1 is 1.37 bits per heavy atom. The summed E-state index contributed by atoms with van der Waals surface area (Å²) in [5, 5.41) is 12.8. The molecule has 0 saturated heterocycles. The Bertz CT molecular complexity index is 259. The van der Waals surface area contributed by atoms with Crippen LogP contribution in [0.1, 0.15) is 58.3 Å². The summed E-state index contributed by atoms with van der Waals surface area (Å²) in [4.78, 5) is 11.8. The monoisotopic (exact) mass is 270 g/mol. The second-order valence-electron chi connectivity index (χ2n) is 5.81. The highest BCUT2D eigenvalue weighted by Gasteiger charge is 2.23. The first-order valence-electron chi connectivity index (χ1n) is 7.82. The van der Waals surface area contributed by atoms with Crippen molar-refractivity contribution >= 4 is 5.91 Å². The summed E-state index contributed by atoms with van der Waals surface area (Å²) in [6.45, 7) is 3.48. The first-order valence-corrected chi connectivity index (χ1v) is 7.82. The van der Waals surface area contributed by atoms with Crippen LogP contribution in [0.25, 0.3) is 0 Å². The summed E-state index contributed by atoms with van der Waals surface area (Å²) in [5.41, 5.74) is 5.55. The van der Waals surface area contributed by atoms with Gasteiger partial charge in [0.2, 0.25) is 5.91 Å². The summed E-state index contributed by atoms with van der Waals surface area (Å²) in [5.74, 6) is 0.938. The van der Waals surface area contributed by atoms with Crippen LogP contribution in [0.2, 0.25) is 0 Å². The van der Waals surface area contributed by atoms with Gasteiger partial charge in [-0.2, -0.15) is 0 Å². The number of carbonyl (C=O) groups excluding carboxylic acids is 1. The summed E-state index contributed by atoms with van der Waals surface area (Å²) in [7, 11) is 0. The standard InChI is InChI=1S/C15H30N2O2/c1-2-12(9-10-16)7-8-15(19)17-11-13-5-3-4-6-14(13)18/h12-14,18H,2-11,16H2,1H3,(H,17,19). The van der Waals surface area contributed by atoms with Crippen LogP contribution in [0, 0.1) is 11.8 Å². The molecule has 1 saturated carbocycles. The van der Waals surface area contributed by atoms with E-state index in [-0.39, 0.29) is 17.9 Å². The molecule has 0 bridgehead atoms. The summed E-state index contributed by atoms with van der Waals surface area (Å²) >= 11 is 0. The van der Waals surface area contributed by atoms with E-state index in [0.29, 0.717) is 25.4 Å².